The summed E-state index contributed by atoms with van der Waals surface area (Å²) >= 11 is 9.58. The van der Waals surface area contributed by atoms with Gasteiger partial charge in [0.05, 0.1) is 10.6 Å². The Morgan fingerprint density at radius 3 is 2.57 bits per heavy atom. The molecule has 0 saturated heterocycles. The first kappa shape index (κ1) is 15.9. The minimum absolute atomic E-state index is 0.112. The highest BCUT2D eigenvalue weighted by atomic mass is 79.9. The summed E-state index contributed by atoms with van der Waals surface area (Å²) in [5.74, 6) is 1.41. The lowest BCUT2D eigenvalue weighted by Gasteiger charge is -2.16. The Bertz CT molecular complexity index is 686. The molecular formula is C16H16BrClN2O. The fourth-order valence-electron chi connectivity index (χ4n) is 2.03. The summed E-state index contributed by atoms with van der Waals surface area (Å²) in [4.78, 5) is 0. The van der Waals surface area contributed by atoms with E-state index in [0.29, 0.717) is 22.3 Å². The second-order valence-electron chi connectivity index (χ2n) is 4.97. The first-order valence-electron chi connectivity index (χ1n) is 6.50. The number of benzene rings is 2. The first-order chi connectivity index (χ1) is 9.90. The van der Waals surface area contributed by atoms with Crippen LogP contribution >= 0.6 is 27.5 Å². The molecule has 0 radical (unpaired) electrons. The van der Waals surface area contributed by atoms with Crippen molar-refractivity contribution in [2.24, 2.45) is 5.73 Å². The molecule has 21 heavy (non-hydrogen) atoms. The van der Waals surface area contributed by atoms with E-state index in [0.717, 1.165) is 15.8 Å². The highest BCUT2D eigenvalue weighted by molar-refractivity contribution is 9.10. The van der Waals surface area contributed by atoms with Crippen LogP contribution in [0.1, 0.15) is 30.9 Å². The summed E-state index contributed by atoms with van der Waals surface area (Å²) in [6.45, 7) is 4.19. The molecule has 0 amide bonds. The molecule has 0 spiro atoms. The van der Waals surface area contributed by atoms with Crippen molar-refractivity contribution >= 4 is 33.4 Å². The van der Waals surface area contributed by atoms with Gasteiger partial charge in [0.2, 0.25) is 0 Å². The van der Waals surface area contributed by atoms with Gasteiger partial charge in [-0.3, -0.25) is 5.41 Å². The van der Waals surface area contributed by atoms with E-state index >= 15 is 0 Å². The van der Waals surface area contributed by atoms with Crippen LogP contribution in [0.25, 0.3) is 0 Å². The highest BCUT2D eigenvalue weighted by Gasteiger charge is 2.15. The van der Waals surface area contributed by atoms with Crippen LogP contribution in [0.15, 0.2) is 40.9 Å². The average molecular weight is 368 g/mol. The van der Waals surface area contributed by atoms with E-state index in [9.17, 15) is 0 Å². The number of nitrogens with two attached hydrogens (primary N) is 1. The van der Waals surface area contributed by atoms with Crippen LogP contribution < -0.4 is 10.5 Å². The third kappa shape index (κ3) is 3.57. The van der Waals surface area contributed by atoms with Crippen LogP contribution in [0, 0.1) is 5.41 Å². The van der Waals surface area contributed by atoms with Gasteiger partial charge in [-0.05, 0) is 41.8 Å². The molecule has 0 aliphatic rings. The predicted octanol–water partition coefficient (Wildman–Crippen LogP) is 5.30. The standard InChI is InChI=1S/C16H16BrClN2O/c1-9(2)11-8-10(17)6-7-13(11)21-14-5-3-4-12(18)15(14)16(19)20/h3-9H,1-2H3,(H3,19,20). The first-order valence-corrected chi connectivity index (χ1v) is 7.67. The number of nitrogen functional groups attached to an aromatic ring is 1. The zero-order valence-electron chi connectivity index (χ0n) is 11.8. The zero-order valence-corrected chi connectivity index (χ0v) is 14.1. The van der Waals surface area contributed by atoms with Gasteiger partial charge in [-0.2, -0.15) is 0 Å². The number of hydrogen-bond acceptors (Lipinski definition) is 2. The minimum Gasteiger partial charge on any atom is -0.456 e. The van der Waals surface area contributed by atoms with E-state index < -0.39 is 0 Å². The van der Waals surface area contributed by atoms with E-state index in [1.165, 1.54) is 0 Å². The van der Waals surface area contributed by atoms with Crippen molar-refractivity contribution in [1.82, 2.24) is 0 Å². The smallest absolute Gasteiger partial charge is 0.139 e. The van der Waals surface area contributed by atoms with Crippen LogP contribution in [0.4, 0.5) is 0 Å². The van der Waals surface area contributed by atoms with Gasteiger partial charge in [0.1, 0.15) is 17.3 Å². The third-order valence-corrected chi connectivity index (χ3v) is 3.87. The van der Waals surface area contributed by atoms with Crippen molar-refractivity contribution in [3.63, 3.8) is 0 Å². The Hall–Kier alpha value is -1.52. The molecule has 2 aromatic carbocycles. The molecule has 110 valence electrons. The second kappa shape index (κ2) is 6.50. The van der Waals surface area contributed by atoms with Gasteiger partial charge in [0.25, 0.3) is 0 Å². The Balaban J connectivity index is 2.49. The molecule has 5 heteroatoms. The summed E-state index contributed by atoms with van der Waals surface area (Å²) in [6.07, 6.45) is 0. The number of ether oxygens (including phenoxy) is 1. The fourth-order valence-corrected chi connectivity index (χ4v) is 2.68. The Labute approximate surface area is 137 Å². The van der Waals surface area contributed by atoms with Crippen molar-refractivity contribution in [2.75, 3.05) is 0 Å². The third-order valence-electron chi connectivity index (χ3n) is 3.06. The van der Waals surface area contributed by atoms with Gasteiger partial charge in [0, 0.05) is 4.47 Å². The SMILES string of the molecule is CC(C)c1cc(Br)ccc1Oc1cccc(Cl)c1C(=N)N. The van der Waals surface area contributed by atoms with E-state index in [-0.39, 0.29) is 5.84 Å². The van der Waals surface area contributed by atoms with Crippen LogP contribution in [0.5, 0.6) is 11.5 Å². The molecule has 0 unspecified atom stereocenters. The molecule has 2 aromatic rings. The van der Waals surface area contributed by atoms with Gasteiger partial charge in [-0.25, -0.2) is 0 Å². The summed E-state index contributed by atoms with van der Waals surface area (Å²) in [5, 5.41) is 8.07. The number of hydrogen-bond donors (Lipinski definition) is 2. The van der Waals surface area contributed by atoms with Crippen molar-refractivity contribution in [3.8, 4) is 11.5 Å². The number of rotatable bonds is 4. The molecule has 3 N–H and O–H groups in total. The van der Waals surface area contributed by atoms with Crippen molar-refractivity contribution < 1.29 is 4.74 Å². The highest BCUT2D eigenvalue weighted by Crippen LogP contribution is 2.35. The summed E-state index contributed by atoms with van der Waals surface area (Å²) < 4.78 is 6.97. The number of amidine groups is 1. The molecule has 0 saturated carbocycles. The normalized spacial score (nSPS) is 10.7. The van der Waals surface area contributed by atoms with Crippen LogP contribution in [-0.4, -0.2) is 5.84 Å². The number of halogens is 2. The summed E-state index contributed by atoms with van der Waals surface area (Å²) in [6, 6.07) is 11.1. The van der Waals surface area contributed by atoms with E-state index in [2.05, 4.69) is 29.8 Å². The molecule has 3 nitrogen and oxygen atoms in total. The van der Waals surface area contributed by atoms with Crippen LogP contribution in [-0.2, 0) is 0 Å². The topological polar surface area (TPSA) is 59.1 Å². The quantitative estimate of drug-likeness (QED) is 0.569. The fraction of sp³-hybridized carbons (Fsp3) is 0.188. The van der Waals surface area contributed by atoms with Crippen LogP contribution in [0.3, 0.4) is 0 Å². The largest absolute Gasteiger partial charge is 0.456 e. The van der Waals surface area contributed by atoms with Gasteiger partial charge < -0.3 is 10.5 Å². The van der Waals surface area contributed by atoms with E-state index in [4.69, 9.17) is 27.5 Å². The maximum atomic E-state index is 7.66. The molecule has 0 bridgehead atoms. The lowest BCUT2D eigenvalue weighted by Crippen LogP contribution is -2.13. The molecule has 0 aliphatic carbocycles. The van der Waals surface area contributed by atoms with Crippen molar-refractivity contribution in [2.45, 2.75) is 19.8 Å². The van der Waals surface area contributed by atoms with Gasteiger partial charge in [-0.15, -0.1) is 0 Å². The number of nitrogens with one attached hydrogen (secondary N) is 1. The van der Waals surface area contributed by atoms with Gasteiger partial charge in [-0.1, -0.05) is 47.4 Å². The second-order valence-corrected chi connectivity index (χ2v) is 6.29. The lowest BCUT2D eigenvalue weighted by molar-refractivity contribution is 0.472. The Morgan fingerprint density at radius 2 is 1.95 bits per heavy atom. The zero-order chi connectivity index (χ0) is 15.6. The molecular weight excluding hydrogens is 352 g/mol. The molecule has 0 aliphatic heterocycles. The van der Waals surface area contributed by atoms with E-state index in [1.54, 1.807) is 18.2 Å². The van der Waals surface area contributed by atoms with E-state index in [1.807, 2.05) is 18.2 Å². The molecule has 0 fully saturated rings. The van der Waals surface area contributed by atoms with Crippen LogP contribution in [0.2, 0.25) is 5.02 Å². The maximum absolute atomic E-state index is 7.66. The van der Waals surface area contributed by atoms with Gasteiger partial charge in [0.15, 0.2) is 0 Å². The predicted molar refractivity (Wildman–Crippen MR) is 90.8 cm³/mol. The lowest BCUT2D eigenvalue weighted by atomic mass is 10.0. The minimum atomic E-state index is -0.112. The van der Waals surface area contributed by atoms with Crippen molar-refractivity contribution in [1.29, 1.82) is 5.41 Å². The molecule has 0 atom stereocenters. The monoisotopic (exact) mass is 366 g/mol. The Kier molecular flexibility index (Phi) is 4.91. The van der Waals surface area contributed by atoms with Gasteiger partial charge >= 0.3 is 0 Å². The van der Waals surface area contributed by atoms with Crippen molar-refractivity contribution in [3.05, 3.63) is 57.0 Å². The maximum Gasteiger partial charge on any atom is 0.139 e. The molecule has 2 rings (SSSR count). The summed E-state index contributed by atoms with van der Waals surface area (Å²) in [7, 11) is 0. The molecule has 0 aromatic heterocycles. The molecule has 0 heterocycles. The average Bonchev–Trinajstić information content (AvgIpc) is 2.40. The summed E-state index contributed by atoms with van der Waals surface area (Å²) in [5.41, 5.74) is 7.08. The Morgan fingerprint density at radius 1 is 1.24 bits per heavy atom.